The third kappa shape index (κ3) is 0.593. The first-order valence-electron chi connectivity index (χ1n) is 3.44. The molecule has 0 N–H and O–H groups in total. The van der Waals surface area contributed by atoms with Gasteiger partial charge in [-0.1, -0.05) is 23.8 Å². The van der Waals surface area contributed by atoms with Gasteiger partial charge in [-0.25, -0.2) is 0 Å². The zero-order chi connectivity index (χ0) is 6.27. The summed E-state index contributed by atoms with van der Waals surface area (Å²) in [7, 11) is 0. The minimum absolute atomic E-state index is 1.22. The Hall–Kier alpha value is -0.780. The van der Waals surface area contributed by atoms with E-state index >= 15 is 0 Å². The molecule has 1 saturated carbocycles. The van der Waals surface area contributed by atoms with Crippen LogP contribution in [0.4, 0.5) is 0 Å². The Balaban J connectivity index is 2.41. The van der Waals surface area contributed by atoms with Gasteiger partial charge < -0.3 is 0 Å². The first kappa shape index (κ1) is 5.04. The molecule has 9 heavy (non-hydrogen) atoms. The summed E-state index contributed by atoms with van der Waals surface area (Å²) in [6.45, 7) is 2.12. The fraction of sp³-hybridized carbons (Fsp3) is 0.333. The van der Waals surface area contributed by atoms with Crippen LogP contribution in [0.3, 0.4) is 0 Å². The molecule has 0 aromatic carbocycles. The second-order valence-corrected chi connectivity index (χ2v) is 2.68. The van der Waals surface area contributed by atoms with Crippen molar-refractivity contribution < 1.29 is 0 Å². The molecular weight excluding hydrogens is 108 g/mol. The highest BCUT2D eigenvalue weighted by atomic mass is 14.2. The Kier molecular flexibility index (Phi) is 0.895. The van der Waals surface area contributed by atoms with Crippen LogP contribution in [-0.2, 0) is 0 Å². The molecule has 0 nitrogen and oxygen atoms in total. The summed E-state index contributed by atoms with van der Waals surface area (Å²) in [5.74, 6) is 0. The van der Waals surface area contributed by atoms with E-state index in [-0.39, 0.29) is 0 Å². The van der Waals surface area contributed by atoms with Crippen molar-refractivity contribution in [2.24, 2.45) is 0 Å². The molecule has 0 saturated heterocycles. The van der Waals surface area contributed by atoms with E-state index in [0.717, 1.165) is 0 Å². The molecule has 2 aliphatic carbocycles. The number of fused-ring (bicyclic) bond motifs is 2. The van der Waals surface area contributed by atoms with Gasteiger partial charge in [-0.05, 0) is 30.9 Å². The van der Waals surface area contributed by atoms with E-state index in [1.54, 1.807) is 16.7 Å². The zero-order valence-electron chi connectivity index (χ0n) is 5.65. The number of rotatable bonds is 0. The maximum absolute atomic E-state index is 2.25. The quantitative estimate of drug-likeness (QED) is 0.458. The van der Waals surface area contributed by atoms with Gasteiger partial charge in [-0.15, -0.1) is 0 Å². The van der Waals surface area contributed by atoms with Crippen LogP contribution < -0.4 is 0 Å². The largest absolute Gasteiger partial charge is 0.0838 e. The third-order valence-electron chi connectivity index (χ3n) is 2.12. The molecule has 0 aromatic heterocycles. The van der Waals surface area contributed by atoms with Gasteiger partial charge in [0, 0.05) is 0 Å². The molecular formula is C9H10. The minimum atomic E-state index is 1.22. The molecule has 0 aliphatic heterocycles. The van der Waals surface area contributed by atoms with Gasteiger partial charge in [-0.2, -0.15) is 0 Å². The fourth-order valence-corrected chi connectivity index (χ4v) is 1.57. The molecule has 0 amide bonds. The highest BCUT2D eigenvalue weighted by Gasteiger charge is 2.20. The molecule has 0 heteroatoms. The predicted molar refractivity (Wildman–Crippen MR) is 39.2 cm³/mol. The van der Waals surface area contributed by atoms with Crippen molar-refractivity contribution in [3.8, 4) is 0 Å². The lowest BCUT2D eigenvalue weighted by molar-refractivity contribution is 1.21. The smallest absolute Gasteiger partial charge is 0.00579 e. The molecule has 0 heterocycles. The highest BCUT2D eigenvalue weighted by molar-refractivity contribution is 5.52. The van der Waals surface area contributed by atoms with Crippen LogP contribution in [0.25, 0.3) is 0 Å². The van der Waals surface area contributed by atoms with Gasteiger partial charge in [0.2, 0.25) is 0 Å². The summed E-state index contributed by atoms with van der Waals surface area (Å²) in [6, 6.07) is 0. The monoisotopic (exact) mass is 118 g/mol. The first-order chi connectivity index (χ1) is 4.40. The zero-order valence-corrected chi connectivity index (χ0v) is 5.65. The topological polar surface area (TPSA) is 0 Å². The van der Waals surface area contributed by atoms with Gasteiger partial charge in [0.25, 0.3) is 0 Å². The third-order valence-corrected chi connectivity index (χ3v) is 2.12. The van der Waals surface area contributed by atoms with Gasteiger partial charge in [0.15, 0.2) is 0 Å². The maximum Gasteiger partial charge on any atom is -0.00579 e. The Morgan fingerprint density at radius 1 is 1.33 bits per heavy atom. The van der Waals surface area contributed by atoms with Gasteiger partial charge >= 0.3 is 0 Å². The van der Waals surface area contributed by atoms with Crippen LogP contribution in [0.15, 0.2) is 34.9 Å². The average molecular weight is 118 g/mol. The summed E-state index contributed by atoms with van der Waals surface area (Å²) < 4.78 is 0. The fourth-order valence-electron chi connectivity index (χ4n) is 1.57. The Labute approximate surface area is 55.6 Å². The number of hydrogen-bond acceptors (Lipinski definition) is 0. The van der Waals surface area contributed by atoms with Crippen molar-refractivity contribution in [1.29, 1.82) is 0 Å². The van der Waals surface area contributed by atoms with Crippen LogP contribution in [0.2, 0.25) is 0 Å². The van der Waals surface area contributed by atoms with E-state index in [1.165, 1.54) is 12.8 Å². The lowest BCUT2D eigenvalue weighted by Crippen LogP contribution is -1.77. The molecule has 2 aliphatic rings. The standard InChI is InChI=1S/C9H10/c1-2-8-5-7-3-4-9(8)6-7/h2-4H,5-6H2,1H3. The first-order valence-corrected chi connectivity index (χ1v) is 3.44. The molecule has 1 fully saturated rings. The predicted octanol–water partition coefficient (Wildman–Crippen LogP) is 2.59. The van der Waals surface area contributed by atoms with Gasteiger partial charge in [0.1, 0.15) is 0 Å². The molecule has 2 rings (SSSR count). The van der Waals surface area contributed by atoms with Crippen molar-refractivity contribution >= 4 is 0 Å². The van der Waals surface area contributed by atoms with Crippen molar-refractivity contribution in [1.82, 2.24) is 0 Å². The minimum Gasteiger partial charge on any atom is -0.0838 e. The molecule has 0 atom stereocenters. The van der Waals surface area contributed by atoms with Gasteiger partial charge in [0.05, 0.1) is 0 Å². The SMILES string of the molecule is CC=C1CC2=CC=C1C2. The molecule has 46 valence electrons. The van der Waals surface area contributed by atoms with E-state index in [4.69, 9.17) is 0 Å². The summed E-state index contributed by atoms with van der Waals surface area (Å²) in [6.07, 6.45) is 9.18. The van der Waals surface area contributed by atoms with E-state index in [9.17, 15) is 0 Å². The maximum atomic E-state index is 2.25. The Morgan fingerprint density at radius 2 is 2.22 bits per heavy atom. The second kappa shape index (κ2) is 1.60. The molecule has 0 spiro atoms. The van der Waals surface area contributed by atoms with Crippen molar-refractivity contribution in [2.75, 3.05) is 0 Å². The van der Waals surface area contributed by atoms with Crippen molar-refractivity contribution in [3.63, 3.8) is 0 Å². The lowest BCUT2D eigenvalue weighted by Gasteiger charge is -1.97. The molecule has 0 radical (unpaired) electrons. The Morgan fingerprint density at radius 3 is 2.56 bits per heavy atom. The highest BCUT2D eigenvalue weighted by Crippen LogP contribution is 2.39. The van der Waals surface area contributed by atoms with Crippen LogP contribution in [0.1, 0.15) is 19.8 Å². The van der Waals surface area contributed by atoms with E-state index < -0.39 is 0 Å². The summed E-state index contributed by atoms with van der Waals surface area (Å²) >= 11 is 0. The summed E-state index contributed by atoms with van der Waals surface area (Å²) in [5.41, 5.74) is 4.69. The normalized spacial score (nSPS) is 27.0. The van der Waals surface area contributed by atoms with E-state index in [0.29, 0.717) is 0 Å². The van der Waals surface area contributed by atoms with Crippen molar-refractivity contribution in [2.45, 2.75) is 19.8 Å². The molecule has 0 aromatic rings. The van der Waals surface area contributed by atoms with Gasteiger partial charge in [-0.3, -0.25) is 0 Å². The van der Waals surface area contributed by atoms with Crippen LogP contribution in [0, 0.1) is 0 Å². The summed E-state index contributed by atoms with van der Waals surface area (Å²) in [5, 5.41) is 0. The molecule has 0 unspecified atom stereocenters. The van der Waals surface area contributed by atoms with Crippen molar-refractivity contribution in [3.05, 3.63) is 34.9 Å². The Bertz CT molecular complexity index is 226. The summed E-state index contributed by atoms with van der Waals surface area (Å²) in [4.78, 5) is 0. The molecule has 2 bridgehead atoms. The lowest BCUT2D eigenvalue weighted by atomic mass is 10.1. The average Bonchev–Trinajstić information content (AvgIpc) is 2.45. The number of hydrogen-bond donors (Lipinski definition) is 0. The second-order valence-electron chi connectivity index (χ2n) is 2.68. The van der Waals surface area contributed by atoms with Crippen LogP contribution in [-0.4, -0.2) is 0 Å². The van der Waals surface area contributed by atoms with Crippen LogP contribution >= 0.6 is 0 Å². The van der Waals surface area contributed by atoms with Crippen LogP contribution in [0.5, 0.6) is 0 Å². The van der Waals surface area contributed by atoms with E-state index in [2.05, 4.69) is 25.2 Å². The number of allylic oxidation sites excluding steroid dienone is 6. The van der Waals surface area contributed by atoms with E-state index in [1.807, 2.05) is 0 Å².